The second-order valence-corrected chi connectivity index (χ2v) is 9.43. The number of pyridine rings is 1. The fourth-order valence-corrected chi connectivity index (χ4v) is 4.34. The molecule has 3 aromatic rings. The Morgan fingerprint density at radius 3 is 2.52 bits per heavy atom. The molecule has 1 heterocycles. The lowest BCUT2D eigenvalue weighted by Gasteiger charge is -2.21. The van der Waals surface area contributed by atoms with Crippen molar-refractivity contribution in [3.8, 4) is 5.75 Å². The van der Waals surface area contributed by atoms with E-state index in [1.807, 2.05) is 30.3 Å². The minimum absolute atomic E-state index is 0.153. The summed E-state index contributed by atoms with van der Waals surface area (Å²) in [6.07, 6.45) is 2.35. The van der Waals surface area contributed by atoms with Crippen molar-refractivity contribution in [1.82, 2.24) is 14.6 Å². The highest BCUT2D eigenvalue weighted by Crippen LogP contribution is 2.23. The van der Waals surface area contributed by atoms with E-state index in [9.17, 15) is 13.2 Å². The van der Waals surface area contributed by atoms with Crippen LogP contribution in [0.5, 0.6) is 5.75 Å². The van der Waals surface area contributed by atoms with Gasteiger partial charge in [-0.15, -0.1) is 0 Å². The second-order valence-electron chi connectivity index (χ2n) is 7.43. The van der Waals surface area contributed by atoms with Crippen molar-refractivity contribution in [2.24, 2.45) is 0 Å². The minimum atomic E-state index is -3.57. The molecule has 0 spiro atoms. The van der Waals surface area contributed by atoms with Crippen molar-refractivity contribution in [2.45, 2.75) is 31.2 Å². The van der Waals surface area contributed by atoms with Gasteiger partial charge in [0.15, 0.2) is 0 Å². The Hall–Kier alpha value is -2.97. The van der Waals surface area contributed by atoms with E-state index in [0.717, 1.165) is 10.9 Å². The molecule has 3 rings (SSSR count). The number of nitrogens with one attached hydrogen (secondary N) is 1. The molecule has 8 heteroatoms. The molecule has 0 unspecified atom stereocenters. The van der Waals surface area contributed by atoms with Crippen molar-refractivity contribution in [1.29, 1.82) is 0 Å². The maximum Gasteiger partial charge on any atom is 0.251 e. The molecule has 0 radical (unpaired) electrons. The van der Waals surface area contributed by atoms with Crippen LogP contribution in [0.25, 0.3) is 10.9 Å². The van der Waals surface area contributed by atoms with Crippen LogP contribution >= 0.6 is 0 Å². The molecular formula is C23H27N3O4S. The molecule has 0 fully saturated rings. The van der Waals surface area contributed by atoms with Gasteiger partial charge in [-0.1, -0.05) is 18.2 Å². The van der Waals surface area contributed by atoms with Crippen LogP contribution < -0.4 is 10.1 Å². The normalized spacial score (nSPS) is 11.8. The Kier molecular flexibility index (Phi) is 7.25. The van der Waals surface area contributed by atoms with Gasteiger partial charge in [0.1, 0.15) is 11.3 Å². The molecule has 0 aliphatic heterocycles. The van der Waals surface area contributed by atoms with Gasteiger partial charge in [-0.2, -0.15) is 4.31 Å². The maximum absolute atomic E-state index is 12.5. The standard InChI is InChI=1S/C23H27N3O4S/c1-17(2)26(3)31(28,29)20-12-10-19(11-13-20)23(27)25-15-6-16-30-21-9-4-7-18-8-5-14-24-22(18)21/h4-5,7-14,17H,6,15-16H2,1-3H3,(H,25,27). The van der Waals surface area contributed by atoms with Crippen LogP contribution in [-0.2, 0) is 10.0 Å². The number of rotatable bonds is 9. The van der Waals surface area contributed by atoms with Crippen LogP contribution in [0.1, 0.15) is 30.6 Å². The van der Waals surface area contributed by atoms with Gasteiger partial charge >= 0.3 is 0 Å². The molecule has 1 N–H and O–H groups in total. The first kappa shape index (κ1) is 22.7. The van der Waals surface area contributed by atoms with Crippen LogP contribution in [0.3, 0.4) is 0 Å². The highest BCUT2D eigenvalue weighted by atomic mass is 32.2. The third kappa shape index (κ3) is 5.39. The summed E-state index contributed by atoms with van der Waals surface area (Å²) in [6, 6.07) is 15.4. The minimum Gasteiger partial charge on any atom is -0.491 e. The first-order valence-electron chi connectivity index (χ1n) is 10.1. The molecule has 0 atom stereocenters. The fourth-order valence-electron chi connectivity index (χ4n) is 2.97. The number of carbonyl (C=O) groups excluding carboxylic acids is 1. The number of ether oxygens (including phenoxy) is 1. The van der Waals surface area contributed by atoms with Crippen molar-refractivity contribution in [2.75, 3.05) is 20.2 Å². The lowest BCUT2D eigenvalue weighted by molar-refractivity contribution is 0.0951. The summed E-state index contributed by atoms with van der Waals surface area (Å²) < 4.78 is 32.1. The zero-order valence-electron chi connectivity index (χ0n) is 17.9. The molecule has 1 aromatic heterocycles. The number of carbonyl (C=O) groups is 1. The number of sulfonamides is 1. The van der Waals surface area contributed by atoms with Crippen LogP contribution in [0, 0.1) is 0 Å². The Morgan fingerprint density at radius 2 is 1.81 bits per heavy atom. The van der Waals surface area contributed by atoms with E-state index in [4.69, 9.17) is 4.74 Å². The van der Waals surface area contributed by atoms with Crippen molar-refractivity contribution < 1.29 is 17.9 Å². The summed E-state index contributed by atoms with van der Waals surface area (Å²) in [6.45, 7) is 4.49. The average Bonchev–Trinajstić information content (AvgIpc) is 2.78. The van der Waals surface area contributed by atoms with Gasteiger partial charge in [0.25, 0.3) is 5.91 Å². The zero-order chi connectivity index (χ0) is 22.4. The molecular weight excluding hydrogens is 414 g/mol. The summed E-state index contributed by atoms with van der Waals surface area (Å²) in [5.74, 6) is 0.459. The summed E-state index contributed by atoms with van der Waals surface area (Å²) >= 11 is 0. The van der Waals surface area contributed by atoms with Gasteiger partial charge < -0.3 is 10.1 Å². The summed E-state index contributed by atoms with van der Waals surface area (Å²) in [7, 11) is -2.03. The highest BCUT2D eigenvalue weighted by Gasteiger charge is 2.23. The third-order valence-electron chi connectivity index (χ3n) is 4.98. The lowest BCUT2D eigenvalue weighted by atomic mass is 10.2. The van der Waals surface area contributed by atoms with Crippen LogP contribution in [0.4, 0.5) is 0 Å². The van der Waals surface area contributed by atoms with E-state index < -0.39 is 10.0 Å². The molecule has 0 saturated carbocycles. The van der Waals surface area contributed by atoms with Crippen LogP contribution in [0.15, 0.2) is 65.7 Å². The topological polar surface area (TPSA) is 88.6 Å². The smallest absolute Gasteiger partial charge is 0.251 e. The number of benzene rings is 2. The first-order valence-corrected chi connectivity index (χ1v) is 11.6. The Balaban J connectivity index is 1.50. The van der Waals surface area contributed by atoms with Gasteiger partial charge in [0.2, 0.25) is 10.0 Å². The fraction of sp³-hybridized carbons (Fsp3) is 0.304. The Bertz CT molecular complexity index is 1140. The van der Waals surface area contributed by atoms with Crippen molar-refractivity contribution in [3.05, 3.63) is 66.4 Å². The van der Waals surface area contributed by atoms with E-state index >= 15 is 0 Å². The predicted molar refractivity (Wildman–Crippen MR) is 121 cm³/mol. The van der Waals surface area contributed by atoms with Gasteiger partial charge in [-0.3, -0.25) is 9.78 Å². The van der Waals surface area contributed by atoms with Gasteiger partial charge in [-0.05, 0) is 56.7 Å². The average molecular weight is 442 g/mol. The molecule has 31 heavy (non-hydrogen) atoms. The highest BCUT2D eigenvalue weighted by molar-refractivity contribution is 7.89. The summed E-state index contributed by atoms with van der Waals surface area (Å²) in [4.78, 5) is 16.9. The van der Waals surface area contributed by atoms with Crippen LogP contribution in [-0.4, -0.2) is 49.9 Å². The second kappa shape index (κ2) is 9.89. The molecule has 1 amide bonds. The number of aromatic nitrogens is 1. The molecule has 2 aromatic carbocycles. The number of amides is 1. The molecule has 0 aliphatic rings. The Morgan fingerprint density at radius 1 is 1.10 bits per heavy atom. The summed E-state index contributed by atoms with van der Waals surface area (Å²) in [5.41, 5.74) is 1.22. The Labute approximate surface area is 183 Å². The van der Waals surface area contributed by atoms with Gasteiger partial charge in [0.05, 0.1) is 11.5 Å². The molecule has 164 valence electrons. The molecule has 7 nitrogen and oxygen atoms in total. The molecule has 0 aliphatic carbocycles. The van der Waals surface area contributed by atoms with E-state index in [2.05, 4.69) is 10.3 Å². The first-order chi connectivity index (χ1) is 14.8. The van der Waals surface area contributed by atoms with Gasteiger partial charge in [-0.25, -0.2) is 8.42 Å². The maximum atomic E-state index is 12.5. The number of para-hydroxylation sites is 1. The zero-order valence-corrected chi connectivity index (χ0v) is 18.7. The van der Waals surface area contributed by atoms with Crippen LogP contribution in [0.2, 0.25) is 0 Å². The number of fused-ring (bicyclic) bond motifs is 1. The predicted octanol–water partition coefficient (Wildman–Crippen LogP) is 3.46. The largest absolute Gasteiger partial charge is 0.491 e. The number of hydrogen-bond donors (Lipinski definition) is 1. The van der Waals surface area contributed by atoms with E-state index in [1.54, 1.807) is 20.0 Å². The quantitative estimate of drug-likeness (QED) is 0.514. The monoisotopic (exact) mass is 441 g/mol. The van der Waals surface area contributed by atoms with Gasteiger partial charge in [0, 0.05) is 36.8 Å². The SMILES string of the molecule is CC(C)N(C)S(=O)(=O)c1ccc(C(=O)NCCCOc2cccc3cccnc23)cc1. The number of nitrogens with zero attached hydrogens (tertiary/aromatic N) is 2. The van der Waals surface area contributed by atoms with Crippen molar-refractivity contribution in [3.63, 3.8) is 0 Å². The van der Waals surface area contributed by atoms with E-state index in [0.29, 0.717) is 30.9 Å². The molecule has 0 saturated heterocycles. The third-order valence-corrected chi connectivity index (χ3v) is 7.03. The van der Waals surface area contributed by atoms with E-state index in [1.165, 1.54) is 35.6 Å². The molecule has 0 bridgehead atoms. The lowest BCUT2D eigenvalue weighted by Crippen LogP contribution is -2.33. The van der Waals surface area contributed by atoms with Crippen molar-refractivity contribution >= 4 is 26.8 Å². The number of hydrogen-bond acceptors (Lipinski definition) is 5. The van der Waals surface area contributed by atoms with E-state index in [-0.39, 0.29) is 16.8 Å². The summed E-state index contributed by atoms with van der Waals surface area (Å²) in [5, 5.41) is 3.84.